The number of alkyl halides is 3. The molecule has 1 aliphatic rings. The first-order valence-electron chi connectivity index (χ1n) is 9.51. The fourth-order valence-electron chi connectivity index (χ4n) is 3.30. The number of ether oxygens (including phenoxy) is 1. The van der Waals surface area contributed by atoms with Crippen molar-refractivity contribution in [3.8, 4) is 5.75 Å². The maximum Gasteiger partial charge on any atom is 0.573 e. The lowest BCUT2D eigenvalue weighted by atomic mass is 10.1. The van der Waals surface area contributed by atoms with Gasteiger partial charge >= 0.3 is 6.36 Å². The highest BCUT2D eigenvalue weighted by molar-refractivity contribution is 7.80. The number of halogens is 5. The molecule has 0 bridgehead atoms. The van der Waals surface area contributed by atoms with Crippen LogP contribution in [0.3, 0.4) is 0 Å². The Kier molecular flexibility index (Phi) is 7.46. The molecule has 172 valence electrons. The molecule has 0 aromatic heterocycles. The van der Waals surface area contributed by atoms with Crippen LogP contribution in [0.4, 0.5) is 27.6 Å². The summed E-state index contributed by atoms with van der Waals surface area (Å²) in [6.07, 6.45) is -3.71. The Morgan fingerprint density at radius 2 is 1.81 bits per heavy atom. The average Bonchev–Trinajstić information content (AvgIpc) is 2.71. The van der Waals surface area contributed by atoms with Gasteiger partial charge in [0.05, 0.1) is 11.9 Å². The van der Waals surface area contributed by atoms with E-state index < -0.39 is 18.0 Å². The van der Waals surface area contributed by atoms with Crippen molar-refractivity contribution in [2.75, 3.05) is 31.1 Å². The Morgan fingerprint density at radius 1 is 1.12 bits per heavy atom. The van der Waals surface area contributed by atoms with Crippen molar-refractivity contribution in [1.29, 1.82) is 0 Å². The van der Waals surface area contributed by atoms with Gasteiger partial charge in [0, 0.05) is 49.9 Å². The quantitative estimate of drug-likeness (QED) is 0.290. The van der Waals surface area contributed by atoms with Crippen LogP contribution in [0.5, 0.6) is 5.75 Å². The Bertz CT molecular complexity index is 993. The van der Waals surface area contributed by atoms with Gasteiger partial charge in [-0.05, 0) is 24.4 Å². The molecular weight excluding hydrogens is 453 g/mol. The number of hydrazone groups is 1. The van der Waals surface area contributed by atoms with Crippen molar-refractivity contribution >= 4 is 29.2 Å². The van der Waals surface area contributed by atoms with E-state index in [2.05, 4.69) is 27.5 Å². The maximum atomic E-state index is 14.6. The second-order valence-corrected chi connectivity index (χ2v) is 7.42. The SMILES string of the molecule is NC(=S)N/N=C/c1cc(F)c(N2CCN(Cc3ccccc3OC(F)(F)F)CC2)cc1F. The summed E-state index contributed by atoms with van der Waals surface area (Å²) in [6.45, 7) is 1.87. The summed E-state index contributed by atoms with van der Waals surface area (Å²) in [5.74, 6) is -1.55. The monoisotopic (exact) mass is 473 g/mol. The smallest absolute Gasteiger partial charge is 0.405 e. The third-order valence-corrected chi connectivity index (χ3v) is 4.84. The third-order valence-electron chi connectivity index (χ3n) is 4.75. The summed E-state index contributed by atoms with van der Waals surface area (Å²) in [4.78, 5) is 3.60. The maximum absolute atomic E-state index is 14.6. The molecule has 1 saturated heterocycles. The number of nitrogens with two attached hydrogens (primary N) is 1. The molecule has 0 amide bonds. The van der Waals surface area contributed by atoms with Gasteiger partial charge in [0.2, 0.25) is 0 Å². The van der Waals surface area contributed by atoms with Gasteiger partial charge in [-0.15, -0.1) is 13.2 Å². The highest BCUT2D eigenvalue weighted by atomic mass is 32.1. The van der Waals surface area contributed by atoms with E-state index in [1.54, 1.807) is 17.0 Å². The van der Waals surface area contributed by atoms with Gasteiger partial charge in [0.15, 0.2) is 5.11 Å². The van der Waals surface area contributed by atoms with Crippen LogP contribution in [-0.2, 0) is 6.54 Å². The molecule has 6 nitrogen and oxygen atoms in total. The first-order valence-corrected chi connectivity index (χ1v) is 9.92. The second kappa shape index (κ2) is 10.1. The molecular formula is C20H20F5N5OS. The van der Waals surface area contributed by atoms with Gasteiger partial charge in [-0.1, -0.05) is 18.2 Å². The summed E-state index contributed by atoms with van der Waals surface area (Å²) in [5.41, 5.74) is 7.89. The van der Waals surface area contributed by atoms with Crippen LogP contribution in [-0.4, -0.2) is 48.8 Å². The van der Waals surface area contributed by atoms with E-state index in [1.807, 2.05) is 4.90 Å². The standard InChI is InChI=1S/C20H20F5N5OS/c21-15-10-17(16(22)9-14(15)11-27-28-19(26)32)30-7-5-29(6-8-30)12-13-3-1-2-4-18(13)31-20(23,24)25/h1-4,9-11H,5-8,12H2,(H3,26,28,32)/b27-11+. The molecule has 0 aliphatic carbocycles. The van der Waals surface area contributed by atoms with E-state index in [-0.39, 0.29) is 28.7 Å². The van der Waals surface area contributed by atoms with Crippen molar-refractivity contribution < 1.29 is 26.7 Å². The molecule has 1 heterocycles. The Morgan fingerprint density at radius 3 is 2.47 bits per heavy atom. The van der Waals surface area contributed by atoms with Crippen LogP contribution < -0.4 is 20.8 Å². The molecule has 12 heteroatoms. The summed E-state index contributed by atoms with van der Waals surface area (Å²) in [7, 11) is 0. The lowest BCUT2D eigenvalue weighted by molar-refractivity contribution is -0.275. The lowest BCUT2D eigenvalue weighted by Gasteiger charge is -2.36. The van der Waals surface area contributed by atoms with Gasteiger partial charge in [0.1, 0.15) is 17.4 Å². The number of nitrogens with zero attached hydrogens (tertiary/aromatic N) is 3. The van der Waals surface area contributed by atoms with Crippen molar-refractivity contribution in [3.63, 3.8) is 0 Å². The Labute approximate surface area is 186 Å². The molecule has 3 N–H and O–H groups in total. The normalized spacial score (nSPS) is 15.2. The number of hydrogen-bond donors (Lipinski definition) is 2. The zero-order chi connectivity index (χ0) is 23.3. The number of benzene rings is 2. The zero-order valence-corrected chi connectivity index (χ0v) is 17.5. The van der Waals surface area contributed by atoms with Crippen LogP contribution in [0.25, 0.3) is 0 Å². The lowest BCUT2D eigenvalue weighted by Crippen LogP contribution is -2.46. The fourth-order valence-corrected chi connectivity index (χ4v) is 3.36. The average molecular weight is 473 g/mol. The number of thiocarbonyl (C=S) groups is 1. The number of anilines is 1. The molecule has 2 aromatic rings. The van der Waals surface area contributed by atoms with E-state index in [0.29, 0.717) is 31.7 Å². The van der Waals surface area contributed by atoms with Gasteiger partial charge in [-0.2, -0.15) is 5.10 Å². The number of para-hydroxylation sites is 1. The molecule has 0 radical (unpaired) electrons. The van der Waals surface area contributed by atoms with Crippen LogP contribution in [0.1, 0.15) is 11.1 Å². The number of nitrogens with one attached hydrogen (secondary N) is 1. The molecule has 0 saturated carbocycles. The Hall–Kier alpha value is -2.99. The number of piperazine rings is 1. The molecule has 1 aliphatic heterocycles. The molecule has 0 atom stereocenters. The predicted molar refractivity (Wildman–Crippen MR) is 114 cm³/mol. The van der Waals surface area contributed by atoms with Crippen LogP contribution >= 0.6 is 12.2 Å². The first-order chi connectivity index (χ1) is 15.1. The molecule has 0 spiro atoms. The van der Waals surface area contributed by atoms with Crippen molar-refractivity contribution in [2.45, 2.75) is 12.9 Å². The van der Waals surface area contributed by atoms with Gasteiger partial charge in [-0.25, -0.2) is 8.78 Å². The van der Waals surface area contributed by atoms with Crippen molar-refractivity contribution in [1.82, 2.24) is 10.3 Å². The molecule has 1 fully saturated rings. The third kappa shape index (κ3) is 6.50. The summed E-state index contributed by atoms with van der Waals surface area (Å²) < 4.78 is 70.9. The van der Waals surface area contributed by atoms with Crippen molar-refractivity contribution in [3.05, 3.63) is 59.2 Å². The highest BCUT2D eigenvalue weighted by Gasteiger charge is 2.32. The number of rotatable bonds is 6. The van der Waals surface area contributed by atoms with Gasteiger partial charge in [-0.3, -0.25) is 10.3 Å². The largest absolute Gasteiger partial charge is 0.573 e. The molecule has 0 unspecified atom stereocenters. The Balaban J connectivity index is 1.64. The van der Waals surface area contributed by atoms with E-state index in [4.69, 9.17) is 5.73 Å². The summed E-state index contributed by atoms with van der Waals surface area (Å²) in [5, 5.41) is 3.51. The fraction of sp³-hybridized carbons (Fsp3) is 0.300. The van der Waals surface area contributed by atoms with E-state index in [0.717, 1.165) is 18.3 Å². The summed E-state index contributed by atoms with van der Waals surface area (Å²) in [6, 6.07) is 8.03. The molecule has 32 heavy (non-hydrogen) atoms. The van der Waals surface area contributed by atoms with E-state index >= 15 is 0 Å². The molecule has 3 rings (SSSR count). The minimum atomic E-state index is -4.78. The highest BCUT2D eigenvalue weighted by Crippen LogP contribution is 2.28. The minimum Gasteiger partial charge on any atom is -0.405 e. The van der Waals surface area contributed by atoms with Crippen LogP contribution in [0.15, 0.2) is 41.5 Å². The topological polar surface area (TPSA) is 66.1 Å². The minimum absolute atomic E-state index is 0.0742. The predicted octanol–water partition coefficient (Wildman–Crippen LogP) is 3.35. The van der Waals surface area contributed by atoms with E-state index in [9.17, 15) is 22.0 Å². The first kappa shape index (κ1) is 23.7. The van der Waals surface area contributed by atoms with Gasteiger partial charge in [0.25, 0.3) is 0 Å². The summed E-state index contributed by atoms with van der Waals surface area (Å²) >= 11 is 4.57. The van der Waals surface area contributed by atoms with Crippen molar-refractivity contribution in [2.24, 2.45) is 10.8 Å². The van der Waals surface area contributed by atoms with E-state index in [1.165, 1.54) is 12.1 Å². The van der Waals surface area contributed by atoms with Gasteiger partial charge < -0.3 is 15.4 Å². The number of hydrogen-bond acceptors (Lipinski definition) is 5. The van der Waals surface area contributed by atoms with Crippen LogP contribution in [0.2, 0.25) is 0 Å². The second-order valence-electron chi connectivity index (χ2n) is 6.98. The zero-order valence-electron chi connectivity index (χ0n) is 16.7. The van der Waals surface area contributed by atoms with Crippen LogP contribution in [0, 0.1) is 11.6 Å². The molecule has 2 aromatic carbocycles.